The molecule has 0 radical (unpaired) electrons. The number of hydrogen-bond donors (Lipinski definition) is 4. The van der Waals surface area contributed by atoms with Crippen molar-refractivity contribution in [3.8, 4) is 0 Å². The summed E-state index contributed by atoms with van der Waals surface area (Å²) in [7, 11) is 0. The zero-order valence-electron chi connectivity index (χ0n) is 15.6. The number of hydrazone groups is 1. The molecule has 0 aliphatic rings. The van der Waals surface area contributed by atoms with Crippen molar-refractivity contribution in [2.45, 2.75) is 53.9 Å². The molecule has 0 saturated heterocycles. The maximum atomic E-state index is 10.9. The Morgan fingerprint density at radius 1 is 1.25 bits per heavy atom. The predicted molar refractivity (Wildman–Crippen MR) is 101 cm³/mol. The largest absolute Gasteiger partial charge is 0.481 e. The monoisotopic (exact) mass is 338 g/mol. The highest BCUT2D eigenvalue weighted by Gasteiger charge is 2.27. The fourth-order valence-corrected chi connectivity index (χ4v) is 2.09. The number of benzene rings is 1. The maximum Gasteiger partial charge on any atom is 0.307 e. The van der Waals surface area contributed by atoms with E-state index in [1.165, 1.54) is 5.56 Å². The molecule has 0 aliphatic carbocycles. The number of aliphatic carboxylic acids is 1. The highest BCUT2D eigenvalue weighted by Crippen LogP contribution is 2.18. The molecule has 0 heterocycles. The smallest absolute Gasteiger partial charge is 0.307 e. The Kier molecular flexibility index (Phi) is 15.9. The third kappa shape index (κ3) is 9.84. The summed E-state index contributed by atoms with van der Waals surface area (Å²) in [5, 5.41) is 12.4. The van der Waals surface area contributed by atoms with Gasteiger partial charge in [-0.3, -0.25) is 4.79 Å². The second-order valence-corrected chi connectivity index (χ2v) is 5.02. The Morgan fingerprint density at radius 3 is 2.08 bits per heavy atom. The molecule has 1 aromatic carbocycles. The lowest BCUT2D eigenvalue weighted by atomic mass is 9.89. The number of carboxylic acids is 1. The van der Waals surface area contributed by atoms with Crippen molar-refractivity contribution in [3.05, 3.63) is 35.9 Å². The standard InChI is InChI=1S/C8H18N4O2.C8H10.C2H6/c1-3-4-6(8(13)14)5(2)7(11-9)12-10;1-2-8-6-4-3-5-7-8;1-2/h5-6H,3-4,9-10H2,1-2H3,(H,11,12)(H,13,14);3-7H,2H2,1H3;1-2H3. The van der Waals surface area contributed by atoms with Gasteiger partial charge in [-0.05, 0) is 18.4 Å². The topological polar surface area (TPSA) is 114 Å². The zero-order valence-corrected chi connectivity index (χ0v) is 15.6. The first-order chi connectivity index (χ1) is 11.5. The first kappa shape index (κ1) is 24.2. The summed E-state index contributed by atoms with van der Waals surface area (Å²) in [6.07, 6.45) is 2.52. The molecule has 24 heavy (non-hydrogen) atoms. The molecular weight excluding hydrogens is 304 g/mol. The molecule has 6 N–H and O–H groups in total. The van der Waals surface area contributed by atoms with E-state index in [9.17, 15) is 4.79 Å². The summed E-state index contributed by atoms with van der Waals surface area (Å²) in [4.78, 5) is 10.9. The Labute approximate surface area is 146 Å². The van der Waals surface area contributed by atoms with E-state index in [1.54, 1.807) is 6.92 Å². The molecule has 0 amide bonds. The SMILES string of the molecule is CC.CCCC(C(=O)O)C(C)/C(=N/N)NN.CCc1ccccc1. The van der Waals surface area contributed by atoms with Crippen LogP contribution in [-0.4, -0.2) is 16.9 Å². The van der Waals surface area contributed by atoms with E-state index in [2.05, 4.69) is 41.7 Å². The molecule has 138 valence electrons. The quantitative estimate of drug-likeness (QED) is 0.275. The predicted octanol–water partition coefficient (Wildman–Crippen LogP) is 3.13. The number of hydrazine groups is 1. The molecule has 1 rings (SSSR count). The van der Waals surface area contributed by atoms with Crippen molar-refractivity contribution in [3.63, 3.8) is 0 Å². The van der Waals surface area contributed by atoms with Crippen LogP contribution in [0.3, 0.4) is 0 Å². The minimum atomic E-state index is -0.851. The van der Waals surface area contributed by atoms with Crippen molar-refractivity contribution in [1.82, 2.24) is 5.43 Å². The van der Waals surface area contributed by atoms with Gasteiger partial charge in [0.15, 0.2) is 0 Å². The van der Waals surface area contributed by atoms with Crippen LogP contribution < -0.4 is 17.1 Å². The second-order valence-electron chi connectivity index (χ2n) is 5.02. The van der Waals surface area contributed by atoms with Gasteiger partial charge in [0.25, 0.3) is 0 Å². The molecular formula is C18H34N4O2. The van der Waals surface area contributed by atoms with E-state index in [4.69, 9.17) is 16.8 Å². The molecule has 0 saturated carbocycles. The van der Waals surface area contributed by atoms with Crippen molar-refractivity contribution in [2.24, 2.45) is 28.6 Å². The summed E-state index contributed by atoms with van der Waals surface area (Å²) in [6.45, 7) is 9.83. The van der Waals surface area contributed by atoms with E-state index in [0.717, 1.165) is 12.8 Å². The van der Waals surface area contributed by atoms with Crippen molar-refractivity contribution in [1.29, 1.82) is 0 Å². The van der Waals surface area contributed by atoms with Crippen LogP contribution >= 0.6 is 0 Å². The Hall–Kier alpha value is -2.08. The summed E-state index contributed by atoms with van der Waals surface area (Å²) in [5.41, 5.74) is 3.72. The van der Waals surface area contributed by atoms with E-state index in [-0.39, 0.29) is 5.92 Å². The third-order valence-corrected chi connectivity index (χ3v) is 3.49. The van der Waals surface area contributed by atoms with Gasteiger partial charge in [-0.2, -0.15) is 5.10 Å². The number of nitrogens with zero attached hydrogens (tertiary/aromatic N) is 1. The zero-order chi connectivity index (χ0) is 19.0. The highest BCUT2D eigenvalue weighted by molar-refractivity contribution is 5.87. The first-order valence-corrected chi connectivity index (χ1v) is 8.52. The van der Waals surface area contributed by atoms with Gasteiger partial charge in [0.2, 0.25) is 0 Å². The van der Waals surface area contributed by atoms with Crippen molar-refractivity contribution < 1.29 is 9.90 Å². The molecule has 0 fully saturated rings. The lowest BCUT2D eigenvalue weighted by Crippen LogP contribution is -2.40. The van der Waals surface area contributed by atoms with Gasteiger partial charge in [0, 0.05) is 5.92 Å². The molecule has 0 aliphatic heterocycles. The Bertz CT molecular complexity index is 450. The fraction of sp³-hybridized carbons (Fsp3) is 0.556. The first-order valence-electron chi connectivity index (χ1n) is 8.52. The fourth-order valence-electron chi connectivity index (χ4n) is 2.09. The van der Waals surface area contributed by atoms with Crippen molar-refractivity contribution >= 4 is 11.8 Å². The molecule has 6 heteroatoms. The molecule has 2 atom stereocenters. The number of nitrogens with two attached hydrogens (primary N) is 2. The lowest BCUT2D eigenvalue weighted by molar-refractivity contribution is -0.142. The summed E-state index contributed by atoms with van der Waals surface area (Å²) >= 11 is 0. The van der Waals surface area contributed by atoms with E-state index >= 15 is 0 Å². The molecule has 0 bridgehead atoms. The molecule has 0 spiro atoms. The minimum Gasteiger partial charge on any atom is -0.481 e. The normalized spacial score (nSPS) is 12.7. The number of amidine groups is 1. The summed E-state index contributed by atoms with van der Waals surface area (Å²) in [5.74, 6) is 8.89. The van der Waals surface area contributed by atoms with Gasteiger partial charge in [-0.1, -0.05) is 71.4 Å². The van der Waals surface area contributed by atoms with Crippen LogP contribution in [0.25, 0.3) is 0 Å². The number of rotatable bonds is 6. The lowest BCUT2D eigenvalue weighted by Gasteiger charge is -2.20. The second kappa shape index (κ2) is 15.8. The van der Waals surface area contributed by atoms with Gasteiger partial charge in [0.1, 0.15) is 5.84 Å². The number of carbonyl (C=O) groups is 1. The van der Waals surface area contributed by atoms with Gasteiger partial charge < -0.3 is 16.4 Å². The molecule has 6 nitrogen and oxygen atoms in total. The third-order valence-electron chi connectivity index (χ3n) is 3.49. The maximum absolute atomic E-state index is 10.9. The van der Waals surface area contributed by atoms with Gasteiger partial charge >= 0.3 is 5.97 Å². The van der Waals surface area contributed by atoms with E-state index in [0.29, 0.717) is 12.3 Å². The number of aryl methyl sites for hydroxylation is 1. The molecule has 0 aromatic heterocycles. The van der Waals surface area contributed by atoms with Gasteiger partial charge in [0.05, 0.1) is 5.92 Å². The van der Waals surface area contributed by atoms with Crippen LogP contribution in [-0.2, 0) is 11.2 Å². The summed E-state index contributed by atoms with van der Waals surface area (Å²) in [6, 6.07) is 10.5. The number of hydrogen-bond acceptors (Lipinski definition) is 4. The van der Waals surface area contributed by atoms with E-state index < -0.39 is 11.9 Å². The number of nitrogens with one attached hydrogen (secondary N) is 1. The molecule has 1 aromatic rings. The molecule has 2 unspecified atom stereocenters. The van der Waals surface area contributed by atoms with Crippen molar-refractivity contribution in [2.75, 3.05) is 0 Å². The van der Waals surface area contributed by atoms with Crippen LogP contribution in [0.15, 0.2) is 35.4 Å². The average Bonchev–Trinajstić information content (AvgIpc) is 2.63. The summed E-state index contributed by atoms with van der Waals surface area (Å²) < 4.78 is 0. The van der Waals surface area contributed by atoms with Gasteiger partial charge in [-0.25, -0.2) is 5.84 Å². The van der Waals surface area contributed by atoms with Crippen LogP contribution in [0, 0.1) is 11.8 Å². The van der Waals surface area contributed by atoms with Crippen LogP contribution in [0.5, 0.6) is 0 Å². The Balaban J connectivity index is 0. The average molecular weight is 338 g/mol. The highest BCUT2D eigenvalue weighted by atomic mass is 16.4. The van der Waals surface area contributed by atoms with E-state index in [1.807, 2.05) is 26.8 Å². The van der Waals surface area contributed by atoms with Crippen LogP contribution in [0.2, 0.25) is 0 Å². The minimum absolute atomic E-state index is 0.303. The van der Waals surface area contributed by atoms with Gasteiger partial charge in [-0.15, -0.1) is 0 Å². The van der Waals surface area contributed by atoms with Crippen LogP contribution in [0.4, 0.5) is 0 Å². The Morgan fingerprint density at radius 2 is 1.79 bits per heavy atom. The number of carboxylic acid groups (broad SMARTS) is 1. The van der Waals surface area contributed by atoms with Crippen LogP contribution in [0.1, 0.15) is 53.0 Å².